The maximum Gasteiger partial charge on any atom is 0.167 e. The summed E-state index contributed by atoms with van der Waals surface area (Å²) >= 11 is 7.93. The molecule has 0 unspecified atom stereocenters. The van der Waals surface area contributed by atoms with Gasteiger partial charge in [-0.05, 0) is 18.2 Å². The lowest BCUT2D eigenvalue weighted by molar-refractivity contribution is 0.383. The number of halogens is 3. The normalized spacial score (nSPS) is 10.6. The van der Waals surface area contributed by atoms with E-state index in [1.807, 2.05) is 0 Å². The first-order valence-electron chi connectivity index (χ1n) is 3.00. The molecule has 5 heteroatoms. The highest BCUT2D eigenvalue weighted by Gasteiger charge is 1.98. The average molecular weight is 252 g/mol. The molecular formula is C7H4BrClFNO. The van der Waals surface area contributed by atoms with Crippen LogP contribution in [-0.2, 0) is 4.39 Å². The standard InChI is InChI=1S/C7H4BrClFNO/c8-6-2-1-5(4-11-12-9)7(10)3-6/h1-4H. The first-order valence-corrected chi connectivity index (χ1v) is 4.10. The molecule has 0 aliphatic heterocycles. The summed E-state index contributed by atoms with van der Waals surface area (Å²) in [5.41, 5.74) is 0.318. The van der Waals surface area contributed by atoms with Crippen molar-refractivity contribution in [2.75, 3.05) is 0 Å². The molecule has 0 aromatic heterocycles. The third-order valence-corrected chi connectivity index (χ3v) is 1.77. The van der Waals surface area contributed by atoms with E-state index in [1.165, 1.54) is 12.3 Å². The summed E-state index contributed by atoms with van der Waals surface area (Å²) in [7, 11) is 0. The lowest BCUT2D eigenvalue weighted by Gasteiger charge is -1.95. The topological polar surface area (TPSA) is 21.6 Å². The minimum absolute atomic E-state index is 0.318. The summed E-state index contributed by atoms with van der Waals surface area (Å²) in [4.78, 5) is 0. The Morgan fingerprint density at radius 2 is 2.33 bits per heavy atom. The Morgan fingerprint density at radius 1 is 1.58 bits per heavy atom. The molecule has 0 radical (unpaired) electrons. The van der Waals surface area contributed by atoms with E-state index in [-0.39, 0.29) is 5.82 Å². The Hall–Kier alpha value is -0.610. The van der Waals surface area contributed by atoms with Crippen LogP contribution in [0.1, 0.15) is 5.56 Å². The smallest absolute Gasteiger partial charge is 0.167 e. The van der Waals surface area contributed by atoms with E-state index in [4.69, 9.17) is 11.9 Å². The zero-order chi connectivity index (χ0) is 8.97. The lowest BCUT2D eigenvalue weighted by Crippen LogP contribution is -1.87. The molecule has 0 aliphatic carbocycles. The first kappa shape index (κ1) is 9.48. The van der Waals surface area contributed by atoms with Gasteiger partial charge < -0.3 is 0 Å². The van der Waals surface area contributed by atoms with Gasteiger partial charge in [0.25, 0.3) is 0 Å². The summed E-state index contributed by atoms with van der Waals surface area (Å²) in [6, 6.07) is 4.58. The molecule has 64 valence electrons. The average Bonchev–Trinajstić information content (AvgIpc) is 2.03. The molecule has 0 spiro atoms. The second-order valence-electron chi connectivity index (χ2n) is 1.97. The molecule has 0 amide bonds. The fraction of sp³-hybridized carbons (Fsp3) is 0. The van der Waals surface area contributed by atoms with Gasteiger partial charge in [0.1, 0.15) is 5.82 Å². The van der Waals surface area contributed by atoms with Crippen molar-refractivity contribution in [1.82, 2.24) is 0 Å². The Labute approximate surface area is 82.3 Å². The lowest BCUT2D eigenvalue weighted by atomic mass is 10.2. The number of nitrogens with zero attached hydrogens (tertiary/aromatic N) is 1. The van der Waals surface area contributed by atoms with E-state index in [1.54, 1.807) is 12.1 Å². The van der Waals surface area contributed by atoms with Crippen molar-refractivity contribution in [2.45, 2.75) is 0 Å². The van der Waals surface area contributed by atoms with Gasteiger partial charge in [0, 0.05) is 10.0 Å². The fourth-order valence-electron chi connectivity index (χ4n) is 0.683. The van der Waals surface area contributed by atoms with E-state index in [9.17, 15) is 4.39 Å². The largest absolute Gasteiger partial charge is 0.277 e. The minimum Gasteiger partial charge on any atom is -0.277 e. The van der Waals surface area contributed by atoms with Crippen molar-refractivity contribution >= 4 is 34.0 Å². The molecule has 0 N–H and O–H groups in total. The third-order valence-electron chi connectivity index (χ3n) is 1.19. The van der Waals surface area contributed by atoms with E-state index in [0.29, 0.717) is 10.0 Å². The van der Waals surface area contributed by atoms with Crippen LogP contribution < -0.4 is 0 Å². The van der Waals surface area contributed by atoms with Gasteiger partial charge in [-0.1, -0.05) is 21.1 Å². The third kappa shape index (κ3) is 2.46. The Bertz CT molecular complexity index is 305. The van der Waals surface area contributed by atoms with Gasteiger partial charge in [0.2, 0.25) is 0 Å². The van der Waals surface area contributed by atoms with E-state index in [2.05, 4.69) is 25.5 Å². The predicted molar refractivity (Wildman–Crippen MR) is 48.6 cm³/mol. The fourth-order valence-corrected chi connectivity index (χ4v) is 1.06. The predicted octanol–water partition coefficient (Wildman–Crippen LogP) is 3.09. The molecule has 0 bridgehead atoms. The van der Waals surface area contributed by atoms with Gasteiger partial charge in [-0.25, -0.2) is 4.39 Å². The van der Waals surface area contributed by atoms with Gasteiger partial charge >= 0.3 is 0 Å². The summed E-state index contributed by atoms with van der Waals surface area (Å²) in [5, 5.41) is 3.22. The molecule has 0 saturated heterocycles. The number of oxime groups is 1. The number of benzene rings is 1. The van der Waals surface area contributed by atoms with Crippen LogP contribution >= 0.6 is 27.8 Å². The minimum atomic E-state index is -0.387. The van der Waals surface area contributed by atoms with Crippen LogP contribution in [0, 0.1) is 5.82 Å². The molecule has 0 aliphatic rings. The van der Waals surface area contributed by atoms with Crippen LogP contribution in [0.25, 0.3) is 0 Å². The van der Waals surface area contributed by atoms with Crippen molar-refractivity contribution in [3.05, 3.63) is 34.1 Å². The van der Waals surface area contributed by atoms with Crippen LogP contribution in [-0.4, -0.2) is 6.21 Å². The molecule has 0 fully saturated rings. The highest BCUT2D eigenvalue weighted by atomic mass is 79.9. The molecule has 1 aromatic carbocycles. The van der Waals surface area contributed by atoms with Crippen LogP contribution in [0.5, 0.6) is 0 Å². The van der Waals surface area contributed by atoms with Gasteiger partial charge in [0.15, 0.2) is 11.9 Å². The highest BCUT2D eigenvalue weighted by Crippen LogP contribution is 2.13. The molecule has 0 heterocycles. The van der Waals surface area contributed by atoms with Crippen molar-refractivity contribution < 1.29 is 8.78 Å². The van der Waals surface area contributed by atoms with Crippen molar-refractivity contribution in [1.29, 1.82) is 0 Å². The Morgan fingerprint density at radius 3 is 2.92 bits per heavy atom. The van der Waals surface area contributed by atoms with Crippen LogP contribution in [0.3, 0.4) is 0 Å². The van der Waals surface area contributed by atoms with Gasteiger partial charge in [-0.15, -0.1) is 0 Å². The van der Waals surface area contributed by atoms with Crippen LogP contribution in [0.2, 0.25) is 0 Å². The molecule has 12 heavy (non-hydrogen) atoms. The maximum atomic E-state index is 13.0. The van der Waals surface area contributed by atoms with Crippen LogP contribution in [0.15, 0.2) is 27.8 Å². The van der Waals surface area contributed by atoms with E-state index < -0.39 is 0 Å². The Balaban J connectivity index is 2.94. The quantitative estimate of drug-likeness (QED) is 0.585. The van der Waals surface area contributed by atoms with Gasteiger partial charge in [-0.3, -0.25) is 4.39 Å². The highest BCUT2D eigenvalue weighted by molar-refractivity contribution is 9.10. The van der Waals surface area contributed by atoms with E-state index in [0.717, 1.165) is 0 Å². The summed E-state index contributed by atoms with van der Waals surface area (Å²) < 4.78 is 17.5. The second-order valence-corrected chi connectivity index (χ2v) is 3.02. The molecular weight excluding hydrogens is 248 g/mol. The zero-order valence-electron chi connectivity index (χ0n) is 5.80. The molecule has 1 rings (SSSR count). The van der Waals surface area contributed by atoms with Crippen molar-refractivity contribution in [3.8, 4) is 0 Å². The van der Waals surface area contributed by atoms with Gasteiger partial charge in [0.05, 0.1) is 6.21 Å². The number of rotatable bonds is 2. The Kier molecular flexibility index (Phi) is 3.49. The van der Waals surface area contributed by atoms with Crippen molar-refractivity contribution in [3.63, 3.8) is 0 Å². The zero-order valence-corrected chi connectivity index (χ0v) is 8.14. The molecule has 1 aromatic rings. The first-order chi connectivity index (χ1) is 5.74. The monoisotopic (exact) mass is 251 g/mol. The van der Waals surface area contributed by atoms with E-state index >= 15 is 0 Å². The molecule has 2 nitrogen and oxygen atoms in total. The molecule has 0 atom stereocenters. The summed E-state index contributed by atoms with van der Waals surface area (Å²) in [6.45, 7) is 0. The van der Waals surface area contributed by atoms with Crippen LogP contribution in [0.4, 0.5) is 4.39 Å². The second kappa shape index (κ2) is 4.42. The summed E-state index contributed by atoms with van der Waals surface area (Å²) in [6.07, 6.45) is 1.19. The molecule has 0 saturated carbocycles. The SMILES string of the molecule is Fc1cc(Br)ccc1C=NOCl. The maximum absolute atomic E-state index is 13.0. The van der Waals surface area contributed by atoms with Crippen molar-refractivity contribution in [2.24, 2.45) is 5.16 Å². The number of hydrogen-bond acceptors (Lipinski definition) is 2. The summed E-state index contributed by atoms with van der Waals surface area (Å²) in [5.74, 6) is -0.387. The number of hydrogen-bond donors (Lipinski definition) is 0. The van der Waals surface area contributed by atoms with Gasteiger partial charge in [-0.2, -0.15) is 0 Å².